The molecule has 0 spiro atoms. The second kappa shape index (κ2) is 4.72. The van der Waals surface area contributed by atoms with Crippen molar-refractivity contribution in [3.63, 3.8) is 0 Å². The molecule has 0 aliphatic carbocycles. The molecule has 1 aromatic carbocycles. The van der Waals surface area contributed by atoms with Gasteiger partial charge >= 0.3 is 0 Å². The lowest BCUT2D eigenvalue weighted by Crippen LogP contribution is -2.17. The van der Waals surface area contributed by atoms with Crippen LogP contribution in [0, 0.1) is 18.3 Å². The molecule has 0 fully saturated rings. The van der Waals surface area contributed by atoms with Gasteiger partial charge in [-0.2, -0.15) is 5.26 Å². The Labute approximate surface area is 102 Å². The van der Waals surface area contributed by atoms with Gasteiger partial charge in [-0.15, -0.1) is 0 Å². The fourth-order valence-electron chi connectivity index (χ4n) is 1.15. The second-order valence-corrected chi connectivity index (χ2v) is 5.81. The molecule has 7 heteroatoms. The third-order valence-electron chi connectivity index (χ3n) is 1.78. The standard InChI is InChI=1S/C9H10BrN3O2S/c1-6-4-7(10)9(8(12)5-6)13-16(14,15)3-2-11/h4-5,13H,3,12H2,1H3. The first kappa shape index (κ1) is 12.8. The Bertz CT molecular complexity index is 525. The first-order valence-corrected chi connectivity index (χ1v) is 6.73. The van der Waals surface area contributed by atoms with E-state index in [1.807, 2.05) is 6.92 Å². The molecule has 0 radical (unpaired) electrons. The highest BCUT2D eigenvalue weighted by molar-refractivity contribution is 9.10. The van der Waals surface area contributed by atoms with E-state index in [-0.39, 0.29) is 5.69 Å². The largest absolute Gasteiger partial charge is 0.397 e. The van der Waals surface area contributed by atoms with Crippen LogP contribution in [0.4, 0.5) is 11.4 Å². The van der Waals surface area contributed by atoms with Crippen LogP contribution < -0.4 is 10.5 Å². The van der Waals surface area contributed by atoms with E-state index in [2.05, 4.69) is 20.7 Å². The summed E-state index contributed by atoms with van der Waals surface area (Å²) < 4.78 is 25.6. The number of halogens is 1. The van der Waals surface area contributed by atoms with E-state index in [1.165, 1.54) is 0 Å². The zero-order valence-corrected chi connectivity index (χ0v) is 10.9. The number of nitrogen functional groups attached to an aromatic ring is 1. The summed E-state index contributed by atoms with van der Waals surface area (Å²) in [6.45, 7) is 1.84. The van der Waals surface area contributed by atoms with Crippen LogP contribution in [-0.2, 0) is 10.0 Å². The van der Waals surface area contributed by atoms with E-state index in [9.17, 15) is 8.42 Å². The zero-order valence-electron chi connectivity index (χ0n) is 8.49. The van der Waals surface area contributed by atoms with Crippen molar-refractivity contribution < 1.29 is 8.42 Å². The van der Waals surface area contributed by atoms with Gasteiger partial charge in [0.1, 0.15) is 0 Å². The van der Waals surface area contributed by atoms with Crippen LogP contribution in [0.5, 0.6) is 0 Å². The van der Waals surface area contributed by atoms with Crippen LogP contribution in [0.25, 0.3) is 0 Å². The third-order valence-corrected chi connectivity index (χ3v) is 3.43. The Balaban J connectivity index is 3.13. The first-order chi connectivity index (χ1) is 7.35. The Hall–Kier alpha value is -1.26. The summed E-state index contributed by atoms with van der Waals surface area (Å²) in [6.07, 6.45) is 0. The van der Waals surface area contributed by atoms with Gasteiger partial charge in [0.05, 0.1) is 17.4 Å². The molecule has 16 heavy (non-hydrogen) atoms. The number of benzene rings is 1. The number of hydrogen-bond acceptors (Lipinski definition) is 4. The minimum Gasteiger partial charge on any atom is -0.397 e. The highest BCUT2D eigenvalue weighted by atomic mass is 79.9. The molecule has 0 atom stereocenters. The molecule has 0 amide bonds. The third kappa shape index (κ3) is 3.12. The summed E-state index contributed by atoms with van der Waals surface area (Å²) in [4.78, 5) is 0. The normalized spacial score (nSPS) is 10.8. The molecule has 0 heterocycles. The minimum absolute atomic E-state index is 0.265. The van der Waals surface area contributed by atoms with Gasteiger partial charge in [0.25, 0.3) is 0 Å². The first-order valence-electron chi connectivity index (χ1n) is 4.29. The van der Waals surface area contributed by atoms with E-state index >= 15 is 0 Å². The SMILES string of the molecule is Cc1cc(N)c(NS(=O)(=O)CC#N)c(Br)c1. The zero-order chi connectivity index (χ0) is 12.3. The lowest BCUT2D eigenvalue weighted by molar-refractivity contribution is 0.604. The number of nitrogens with zero attached hydrogens (tertiary/aromatic N) is 1. The molecule has 0 saturated carbocycles. The van der Waals surface area contributed by atoms with Crippen LogP contribution in [0.1, 0.15) is 5.56 Å². The van der Waals surface area contributed by atoms with Crippen molar-refractivity contribution >= 4 is 37.3 Å². The van der Waals surface area contributed by atoms with Crippen molar-refractivity contribution in [1.82, 2.24) is 0 Å². The van der Waals surface area contributed by atoms with Crippen molar-refractivity contribution in [2.75, 3.05) is 16.2 Å². The predicted octanol–water partition coefficient (Wildman–Crippen LogP) is 1.60. The van der Waals surface area contributed by atoms with Crippen molar-refractivity contribution in [3.05, 3.63) is 22.2 Å². The highest BCUT2D eigenvalue weighted by Gasteiger charge is 2.14. The average Bonchev–Trinajstić information content (AvgIpc) is 2.11. The molecule has 86 valence electrons. The van der Waals surface area contributed by atoms with Crippen molar-refractivity contribution in [2.24, 2.45) is 0 Å². The molecule has 0 aliphatic rings. The molecule has 5 nitrogen and oxygen atoms in total. The molecule has 0 aromatic heterocycles. The molecule has 0 unspecified atom stereocenters. The smallest absolute Gasteiger partial charge is 0.246 e. The molecule has 0 saturated heterocycles. The Morgan fingerprint density at radius 2 is 2.19 bits per heavy atom. The molecule has 1 rings (SSSR count). The maximum atomic E-state index is 11.4. The highest BCUT2D eigenvalue weighted by Crippen LogP contribution is 2.30. The Kier molecular flexibility index (Phi) is 3.78. The van der Waals surface area contributed by atoms with E-state index in [0.717, 1.165) is 5.56 Å². The van der Waals surface area contributed by atoms with Gasteiger partial charge in [-0.3, -0.25) is 4.72 Å². The van der Waals surface area contributed by atoms with Crippen molar-refractivity contribution in [2.45, 2.75) is 6.92 Å². The quantitative estimate of drug-likeness (QED) is 0.829. The monoisotopic (exact) mass is 303 g/mol. The fraction of sp³-hybridized carbons (Fsp3) is 0.222. The Morgan fingerprint density at radius 3 is 2.69 bits per heavy atom. The number of hydrogen-bond donors (Lipinski definition) is 2. The van der Waals surface area contributed by atoms with Gasteiger partial charge in [0.15, 0.2) is 5.75 Å². The lowest BCUT2D eigenvalue weighted by Gasteiger charge is -2.11. The Morgan fingerprint density at radius 1 is 1.56 bits per heavy atom. The van der Waals surface area contributed by atoms with Gasteiger partial charge < -0.3 is 5.73 Å². The second-order valence-electron chi connectivity index (χ2n) is 3.23. The van der Waals surface area contributed by atoms with E-state index in [4.69, 9.17) is 11.0 Å². The van der Waals surface area contributed by atoms with Crippen molar-refractivity contribution in [1.29, 1.82) is 5.26 Å². The van der Waals surface area contributed by atoms with Crippen molar-refractivity contribution in [3.8, 4) is 6.07 Å². The van der Waals surface area contributed by atoms with Gasteiger partial charge in [0, 0.05) is 4.47 Å². The van der Waals surface area contributed by atoms with Crippen LogP contribution >= 0.6 is 15.9 Å². The van der Waals surface area contributed by atoms with Crippen LogP contribution in [0.3, 0.4) is 0 Å². The number of nitriles is 1. The summed E-state index contributed by atoms with van der Waals surface area (Å²) >= 11 is 3.21. The minimum atomic E-state index is -3.66. The molecule has 3 N–H and O–H groups in total. The van der Waals surface area contributed by atoms with E-state index < -0.39 is 15.8 Å². The van der Waals surface area contributed by atoms with Crippen LogP contribution in [0.15, 0.2) is 16.6 Å². The summed E-state index contributed by atoms with van der Waals surface area (Å²) in [5, 5.41) is 8.35. The maximum Gasteiger partial charge on any atom is 0.246 e. The molecular weight excluding hydrogens is 294 g/mol. The number of anilines is 2. The fourth-order valence-corrected chi connectivity index (χ4v) is 2.75. The van der Waals surface area contributed by atoms with Gasteiger partial charge in [-0.25, -0.2) is 8.42 Å². The molecular formula is C9H10BrN3O2S. The van der Waals surface area contributed by atoms with Crippen LogP contribution in [0.2, 0.25) is 0 Å². The summed E-state index contributed by atoms with van der Waals surface area (Å²) in [7, 11) is -3.66. The van der Waals surface area contributed by atoms with E-state index in [0.29, 0.717) is 10.2 Å². The lowest BCUT2D eigenvalue weighted by atomic mass is 10.2. The topological polar surface area (TPSA) is 96.0 Å². The number of rotatable bonds is 3. The number of aryl methyl sites for hydroxylation is 1. The van der Waals surface area contributed by atoms with Gasteiger partial charge in [-0.05, 0) is 40.5 Å². The number of nitrogens with one attached hydrogen (secondary N) is 1. The summed E-state index contributed by atoms with van der Waals surface area (Å²) in [6, 6.07) is 4.96. The summed E-state index contributed by atoms with van der Waals surface area (Å²) in [5.74, 6) is -0.604. The molecule has 1 aromatic rings. The van der Waals surface area contributed by atoms with E-state index in [1.54, 1.807) is 18.2 Å². The summed E-state index contributed by atoms with van der Waals surface area (Å²) in [5.41, 5.74) is 7.17. The van der Waals surface area contributed by atoms with Gasteiger partial charge in [0.2, 0.25) is 10.0 Å². The number of sulfonamides is 1. The maximum absolute atomic E-state index is 11.4. The average molecular weight is 304 g/mol. The molecule has 0 aliphatic heterocycles. The predicted molar refractivity (Wildman–Crippen MR) is 66.3 cm³/mol. The molecule has 0 bridgehead atoms. The number of nitrogens with two attached hydrogens (primary N) is 1. The van der Waals surface area contributed by atoms with Crippen LogP contribution in [-0.4, -0.2) is 14.2 Å². The van der Waals surface area contributed by atoms with Gasteiger partial charge in [-0.1, -0.05) is 0 Å².